The van der Waals surface area contributed by atoms with Crippen molar-refractivity contribution in [3.8, 4) is 0 Å². The summed E-state index contributed by atoms with van der Waals surface area (Å²) in [4.78, 5) is 12.2. The van der Waals surface area contributed by atoms with Crippen LogP contribution in [0.15, 0.2) is 54.7 Å². The van der Waals surface area contributed by atoms with Crippen LogP contribution in [0.3, 0.4) is 0 Å². The van der Waals surface area contributed by atoms with Crippen molar-refractivity contribution in [3.05, 3.63) is 65.9 Å². The second-order valence-electron chi connectivity index (χ2n) is 6.36. The van der Waals surface area contributed by atoms with Gasteiger partial charge in [-0.25, -0.2) is 4.79 Å². The van der Waals surface area contributed by atoms with E-state index in [-0.39, 0.29) is 18.5 Å². The largest absolute Gasteiger partial charge is 0.463 e. The summed E-state index contributed by atoms with van der Waals surface area (Å²) in [5.74, 6) is -1.77. The number of carbonyl (C=O) groups excluding carboxylic acids is 1. The van der Waals surface area contributed by atoms with E-state index in [0.717, 1.165) is 11.8 Å². The summed E-state index contributed by atoms with van der Waals surface area (Å²) >= 11 is 0. The molecule has 3 rings (SSSR count). The van der Waals surface area contributed by atoms with Crippen LogP contribution in [0.4, 0.5) is 18.9 Å². The highest BCUT2D eigenvalue weighted by molar-refractivity contribution is 5.94. The lowest BCUT2D eigenvalue weighted by Crippen LogP contribution is -2.50. The third kappa shape index (κ3) is 3.31. The zero-order chi connectivity index (χ0) is 20.5. The van der Waals surface area contributed by atoms with E-state index in [1.165, 1.54) is 29.7 Å². The number of nitrogens with zero attached hydrogens (tertiary/aromatic N) is 1. The van der Waals surface area contributed by atoms with Crippen LogP contribution in [0, 0.1) is 0 Å². The van der Waals surface area contributed by atoms with E-state index in [9.17, 15) is 23.1 Å². The molecule has 1 unspecified atom stereocenters. The van der Waals surface area contributed by atoms with Crippen LogP contribution in [0.5, 0.6) is 0 Å². The Balaban J connectivity index is 2.24. The first kappa shape index (κ1) is 19.8. The van der Waals surface area contributed by atoms with E-state index in [4.69, 9.17) is 5.73 Å². The fourth-order valence-corrected chi connectivity index (χ4v) is 3.12. The normalized spacial score (nSPS) is 14.0. The summed E-state index contributed by atoms with van der Waals surface area (Å²) in [5.41, 5.74) is 2.97. The second kappa shape index (κ2) is 7.20. The summed E-state index contributed by atoms with van der Waals surface area (Å²) < 4.78 is 47.5. The predicted molar refractivity (Wildman–Crippen MR) is 98.5 cm³/mol. The molecule has 28 heavy (non-hydrogen) atoms. The maximum Gasteiger partial charge on any atom is 0.432 e. The van der Waals surface area contributed by atoms with Gasteiger partial charge in [0.1, 0.15) is 0 Å². The number of anilines is 1. The lowest BCUT2D eigenvalue weighted by Gasteiger charge is -2.27. The van der Waals surface area contributed by atoms with Crippen molar-refractivity contribution < 1.29 is 27.8 Å². The second-order valence-corrected chi connectivity index (χ2v) is 6.36. The smallest absolute Gasteiger partial charge is 0.432 e. The Bertz CT molecular complexity index is 999. The number of benzene rings is 2. The van der Waals surface area contributed by atoms with Gasteiger partial charge in [0.25, 0.3) is 5.60 Å². The highest BCUT2D eigenvalue weighted by Gasteiger charge is 2.63. The molecule has 0 bridgehead atoms. The number of carbonyl (C=O) groups is 1. The van der Waals surface area contributed by atoms with Gasteiger partial charge in [0.05, 0.1) is 12.1 Å². The van der Waals surface area contributed by atoms with Gasteiger partial charge in [-0.15, -0.1) is 0 Å². The van der Waals surface area contributed by atoms with Gasteiger partial charge < -0.3 is 20.1 Å². The monoisotopic (exact) mass is 392 g/mol. The van der Waals surface area contributed by atoms with Gasteiger partial charge in [0.15, 0.2) is 0 Å². The molecule has 0 aliphatic rings. The van der Waals surface area contributed by atoms with Gasteiger partial charge in [-0.3, -0.25) is 0 Å². The van der Waals surface area contributed by atoms with Gasteiger partial charge in [0, 0.05) is 29.4 Å². The van der Waals surface area contributed by atoms with E-state index in [2.05, 4.69) is 4.74 Å². The number of hydrogen-bond donors (Lipinski definition) is 2. The number of ether oxygens (including phenoxy) is 1. The molecule has 2 aromatic carbocycles. The number of rotatable bonds is 5. The van der Waals surface area contributed by atoms with Crippen molar-refractivity contribution in [1.29, 1.82) is 0 Å². The number of halogens is 3. The molecule has 0 saturated carbocycles. The average molecular weight is 392 g/mol. The van der Waals surface area contributed by atoms with E-state index in [1.54, 1.807) is 12.1 Å². The van der Waals surface area contributed by atoms with E-state index >= 15 is 0 Å². The Morgan fingerprint density at radius 2 is 1.86 bits per heavy atom. The lowest BCUT2D eigenvalue weighted by atomic mass is 9.92. The van der Waals surface area contributed by atoms with Crippen molar-refractivity contribution in [3.63, 3.8) is 0 Å². The van der Waals surface area contributed by atoms with Crippen LogP contribution in [0.2, 0.25) is 0 Å². The molecular weight excluding hydrogens is 373 g/mol. The van der Waals surface area contributed by atoms with E-state index < -0.39 is 23.3 Å². The molecule has 0 spiro atoms. The molecule has 0 radical (unpaired) electrons. The molecule has 3 aromatic rings. The third-order valence-electron chi connectivity index (χ3n) is 4.47. The minimum atomic E-state index is -5.27. The average Bonchev–Trinajstić information content (AvgIpc) is 2.99. The summed E-state index contributed by atoms with van der Waals surface area (Å²) in [5, 5.41) is 10.6. The molecule has 3 N–H and O–H groups in total. The van der Waals surface area contributed by atoms with Crippen LogP contribution in [-0.4, -0.2) is 28.4 Å². The minimum Gasteiger partial charge on any atom is -0.463 e. The third-order valence-corrected chi connectivity index (χ3v) is 4.47. The number of aliphatic hydroxyl groups is 1. The van der Waals surface area contributed by atoms with Gasteiger partial charge in [-0.2, -0.15) is 13.2 Å². The number of fused-ring (bicyclic) bond motifs is 1. The van der Waals surface area contributed by atoms with Gasteiger partial charge in [-0.05, 0) is 24.6 Å². The number of nitrogens with two attached hydrogens (primary N) is 1. The van der Waals surface area contributed by atoms with Crippen molar-refractivity contribution in [2.24, 2.45) is 0 Å². The molecule has 8 heteroatoms. The predicted octanol–water partition coefficient (Wildman–Crippen LogP) is 3.58. The number of aromatic nitrogens is 1. The fourth-order valence-electron chi connectivity index (χ4n) is 3.12. The first-order valence-electron chi connectivity index (χ1n) is 8.57. The van der Waals surface area contributed by atoms with Crippen molar-refractivity contribution in [2.45, 2.75) is 25.2 Å². The zero-order valence-corrected chi connectivity index (χ0v) is 15.0. The fraction of sp³-hybridized carbons (Fsp3) is 0.250. The molecule has 1 heterocycles. The maximum absolute atomic E-state index is 13.8. The Labute approximate surface area is 159 Å². The molecule has 1 atom stereocenters. The quantitative estimate of drug-likeness (QED) is 0.514. The molecule has 0 saturated heterocycles. The maximum atomic E-state index is 13.8. The molecule has 0 aliphatic heterocycles. The van der Waals surface area contributed by atoms with E-state index in [1.807, 2.05) is 18.2 Å². The highest BCUT2D eigenvalue weighted by Crippen LogP contribution is 2.44. The van der Waals surface area contributed by atoms with Crippen molar-refractivity contribution >= 4 is 22.6 Å². The van der Waals surface area contributed by atoms with Crippen molar-refractivity contribution in [2.75, 3.05) is 12.3 Å². The molecule has 0 aliphatic carbocycles. The summed E-state index contributed by atoms with van der Waals surface area (Å²) in [7, 11) is 0. The molecular formula is C20H19F3N2O3. The SMILES string of the molecule is CCOC(=O)C(O)(c1cn(Cc2ccccc2)c2cc(N)ccc12)C(F)(F)F. The number of esters is 1. The molecule has 148 valence electrons. The Morgan fingerprint density at radius 1 is 1.18 bits per heavy atom. The molecule has 0 fully saturated rings. The standard InChI is InChI=1S/C20H19F3N2O3/c1-2-28-18(26)19(27,20(21,22)23)16-12-25(11-13-6-4-3-5-7-13)17-10-14(24)8-9-15(16)17/h3-10,12,27H,2,11,24H2,1H3. The molecule has 0 amide bonds. The molecule has 5 nitrogen and oxygen atoms in total. The highest BCUT2D eigenvalue weighted by atomic mass is 19.4. The van der Waals surface area contributed by atoms with Gasteiger partial charge in [0.2, 0.25) is 0 Å². The van der Waals surface area contributed by atoms with Crippen LogP contribution in [-0.2, 0) is 21.7 Å². The number of nitrogen functional groups attached to an aromatic ring is 1. The topological polar surface area (TPSA) is 77.5 Å². The van der Waals surface area contributed by atoms with Crippen LogP contribution in [0.25, 0.3) is 10.9 Å². The van der Waals surface area contributed by atoms with Gasteiger partial charge >= 0.3 is 12.1 Å². The Morgan fingerprint density at radius 3 is 2.46 bits per heavy atom. The summed E-state index contributed by atoms with van der Waals surface area (Å²) in [6.45, 7) is 1.30. The Kier molecular flexibility index (Phi) is 5.08. The lowest BCUT2D eigenvalue weighted by molar-refractivity contribution is -0.267. The first-order valence-corrected chi connectivity index (χ1v) is 8.57. The van der Waals surface area contributed by atoms with Crippen LogP contribution >= 0.6 is 0 Å². The van der Waals surface area contributed by atoms with Gasteiger partial charge in [-0.1, -0.05) is 36.4 Å². The van der Waals surface area contributed by atoms with E-state index in [0.29, 0.717) is 11.2 Å². The summed E-state index contributed by atoms with van der Waals surface area (Å²) in [6.07, 6.45) is -4.14. The van der Waals surface area contributed by atoms with Crippen molar-refractivity contribution in [1.82, 2.24) is 4.57 Å². The number of hydrogen-bond acceptors (Lipinski definition) is 4. The zero-order valence-electron chi connectivity index (χ0n) is 15.0. The minimum absolute atomic E-state index is 0.0676. The van der Waals surface area contributed by atoms with Crippen LogP contribution < -0.4 is 5.73 Å². The van der Waals surface area contributed by atoms with Crippen LogP contribution in [0.1, 0.15) is 18.1 Å². The summed E-state index contributed by atoms with van der Waals surface area (Å²) in [6, 6.07) is 13.4. The first-order chi connectivity index (χ1) is 13.2. The molecule has 1 aromatic heterocycles. The Hall–Kier alpha value is -3.00. The number of alkyl halides is 3.